The van der Waals surface area contributed by atoms with Gasteiger partial charge in [0.2, 0.25) is 0 Å². The molecule has 36 valence electrons. The molecule has 3 heteroatoms. The Morgan fingerprint density at radius 3 is 2.33 bits per heavy atom. The van der Waals surface area contributed by atoms with Crippen LogP contribution in [0.2, 0.25) is 6.55 Å². The van der Waals surface area contributed by atoms with Gasteiger partial charge in [0, 0.05) is 5.33 Å². The van der Waals surface area contributed by atoms with Gasteiger partial charge in [-0.3, -0.25) is 0 Å². The predicted molar refractivity (Wildman–Crippen MR) is 29.3 cm³/mol. The van der Waals surface area contributed by atoms with Crippen molar-refractivity contribution in [1.82, 2.24) is 0 Å². The van der Waals surface area contributed by atoms with Crippen molar-refractivity contribution < 1.29 is 5.21 Å². The van der Waals surface area contributed by atoms with Crippen molar-refractivity contribution in [3.8, 4) is 0 Å². The number of hydrogen-bond acceptors (Lipinski definition) is 2. The molecule has 0 aromatic heterocycles. The quantitative estimate of drug-likeness (QED) is 0.216. The number of nitrogens with zero attached hydrogens (tertiary/aromatic N) is 1. The van der Waals surface area contributed by atoms with Crippen LogP contribution in [0.15, 0.2) is 5.16 Å². The minimum atomic E-state index is -0.162. The average Bonchev–Trinajstić information content (AvgIpc) is 1.65. The molecule has 0 aromatic carbocycles. The van der Waals surface area contributed by atoms with Crippen molar-refractivity contribution in [2.45, 2.75) is 13.5 Å². The van der Waals surface area contributed by atoms with Crippen molar-refractivity contribution in [1.29, 1.82) is 0 Å². The van der Waals surface area contributed by atoms with E-state index in [0.29, 0.717) is 0 Å². The van der Waals surface area contributed by atoms with Gasteiger partial charge >= 0.3 is 0 Å². The predicted octanol–water partition coefficient (Wildman–Crippen LogP) is 0.0109. The summed E-state index contributed by atoms with van der Waals surface area (Å²) in [5.41, 5.74) is 0. The molecule has 0 bridgehead atoms. The molecule has 0 saturated heterocycles. The van der Waals surface area contributed by atoms with E-state index >= 15 is 0 Å². The first-order valence-corrected chi connectivity index (χ1v) is 4.11. The summed E-state index contributed by atoms with van der Waals surface area (Å²) in [7, 11) is -0.162. The molecule has 0 aliphatic carbocycles. The van der Waals surface area contributed by atoms with Crippen LogP contribution in [0.3, 0.4) is 0 Å². The molecule has 0 amide bonds. The van der Waals surface area contributed by atoms with Gasteiger partial charge in [-0.25, -0.2) is 0 Å². The number of rotatable bonds is 1. The smallest absolute Gasteiger partial charge is 0.0741 e. The molecule has 1 N–H and O–H groups in total. The minimum absolute atomic E-state index is 0.162. The zero-order valence-corrected chi connectivity index (χ0v) is 5.52. The lowest BCUT2D eigenvalue weighted by Gasteiger charge is -1.81. The highest BCUT2D eigenvalue weighted by molar-refractivity contribution is 6.73. The zero-order valence-electron chi connectivity index (χ0n) is 4.10. The Balaban J connectivity index is 3.22. The lowest BCUT2D eigenvalue weighted by atomic mass is 10.9. The summed E-state index contributed by atoms with van der Waals surface area (Å²) in [6, 6.07) is 0. The fraction of sp³-hybridized carbons (Fsp3) is 0.667. The monoisotopic (exact) mass is 103 g/mol. The van der Waals surface area contributed by atoms with E-state index in [-0.39, 0.29) is 9.52 Å². The number of hydrogen-bond donors (Lipinski definition) is 1. The standard InChI is InChI=1S/C3H9NOSi/c1-3(4-5)6-2/h5H,6H2,1-2H3. The van der Waals surface area contributed by atoms with Gasteiger partial charge in [-0.15, -0.1) is 5.16 Å². The Morgan fingerprint density at radius 2 is 2.33 bits per heavy atom. The Morgan fingerprint density at radius 1 is 1.83 bits per heavy atom. The van der Waals surface area contributed by atoms with E-state index in [1.165, 1.54) is 0 Å². The summed E-state index contributed by atoms with van der Waals surface area (Å²) in [6.45, 7) is 3.92. The van der Waals surface area contributed by atoms with Crippen LogP contribution in [0.5, 0.6) is 0 Å². The third-order valence-electron chi connectivity index (χ3n) is 0.682. The van der Waals surface area contributed by atoms with Crippen molar-refractivity contribution in [3.63, 3.8) is 0 Å². The first-order chi connectivity index (χ1) is 2.81. The highest BCUT2D eigenvalue weighted by atomic mass is 28.2. The summed E-state index contributed by atoms with van der Waals surface area (Å²) in [5, 5.41) is 11.9. The maximum atomic E-state index is 7.96. The van der Waals surface area contributed by atoms with Crippen LogP contribution in [0, 0.1) is 0 Å². The first kappa shape index (κ1) is 5.69. The topological polar surface area (TPSA) is 32.6 Å². The van der Waals surface area contributed by atoms with Crippen LogP contribution in [-0.2, 0) is 0 Å². The van der Waals surface area contributed by atoms with E-state index in [2.05, 4.69) is 11.7 Å². The Bertz CT molecular complexity index is 61.8. The van der Waals surface area contributed by atoms with E-state index in [0.717, 1.165) is 5.33 Å². The van der Waals surface area contributed by atoms with Crippen LogP contribution in [0.1, 0.15) is 6.92 Å². The minimum Gasteiger partial charge on any atom is -0.411 e. The summed E-state index contributed by atoms with van der Waals surface area (Å²) in [4.78, 5) is 0. The third-order valence-corrected chi connectivity index (χ3v) is 1.85. The molecule has 0 fully saturated rings. The fourth-order valence-electron chi connectivity index (χ4n) is 0.0707. The molecule has 0 saturated carbocycles. The van der Waals surface area contributed by atoms with Gasteiger partial charge in [0.1, 0.15) is 0 Å². The van der Waals surface area contributed by atoms with Gasteiger partial charge in [0.25, 0.3) is 0 Å². The van der Waals surface area contributed by atoms with Crippen molar-refractivity contribution in [3.05, 3.63) is 0 Å². The van der Waals surface area contributed by atoms with Gasteiger partial charge in [-0.2, -0.15) is 0 Å². The molecular formula is C3H9NOSi. The molecule has 0 aliphatic heterocycles. The molecular weight excluding hydrogens is 94.1 g/mol. The van der Waals surface area contributed by atoms with Crippen molar-refractivity contribution in [2.75, 3.05) is 0 Å². The van der Waals surface area contributed by atoms with Gasteiger partial charge in [0.05, 0.1) is 9.52 Å². The molecule has 2 nitrogen and oxygen atoms in total. The lowest BCUT2D eigenvalue weighted by molar-refractivity contribution is 0.320. The highest BCUT2D eigenvalue weighted by Gasteiger charge is 1.79. The van der Waals surface area contributed by atoms with Crippen molar-refractivity contribution >= 4 is 14.9 Å². The molecule has 0 heterocycles. The Hall–Kier alpha value is -0.313. The zero-order chi connectivity index (χ0) is 4.99. The van der Waals surface area contributed by atoms with Gasteiger partial charge < -0.3 is 5.21 Å². The van der Waals surface area contributed by atoms with E-state index < -0.39 is 0 Å². The van der Waals surface area contributed by atoms with E-state index in [1.807, 2.05) is 6.92 Å². The van der Waals surface area contributed by atoms with Gasteiger partial charge in [-0.05, 0) is 6.92 Å². The summed E-state index contributed by atoms with van der Waals surface area (Å²) >= 11 is 0. The third kappa shape index (κ3) is 1.96. The lowest BCUT2D eigenvalue weighted by Crippen LogP contribution is -1.96. The number of oxime groups is 1. The van der Waals surface area contributed by atoms with Crippen LogP contribution in [0.4, 0.5) is 0 Å². The second kappa shape index (κ2) is 2.90. The maximum absolute atomic E-state index is 7.96. The Labute approximate surface area is 39.7 Å². The largest absolute Gasteiger partial charge is 0.411 e. The molecule has 0 aromatic rings. The first-order valence-electron chi connectivity index (χ1n) is 1.98. The average molecular weight is 103 g/mol. The second-order valence-corrected chi connectivity index (χ2v) is 2.92. The van der Waals surface area contributed by atoms with Crippen LogP contribution in [-0.4, -0.2) is 20.1 Å². The summed E-state index contributed by atoms with van der Waals surface area (Å²) in [6.07, 6.45) is 0. The molecule has 0 atom stereocenters. The van der Waals surface area contributed by atoms with Crippen LogP contribution < -0.4 is 0 Å². The molecule has 0 rings (SSSR count). The van der Waals surface area contributed by atoms with E-state index in [9.17, 15) is 0 Å². The van der Waals surface area contributed by atoms with Crippen LogP contribution >= 0.6 is 0 Å². The molecule has 0 unspecified atom stereocenters. The van der Waals surface area contributed by atoms with Crippen molar-refractivity contribution in [2.24, 2.45) is 5.16 Å². The Kier molecular flexibility index (Phi) is 2.75. The maximum Gasteiger partial charge on any atom is 0.0741 e. The SMILES string of the molecule is C[SiH2]C(C)=NO. The normalized spacial score (nSPS) is 14.0. The molecule has 6 heavy (non-hydrogen) atoms. The summed E-state index contributed by atoms with van der Waals surface area (Å²) < 4.78 is 0. The fourth-order valence-corrected chi connectivity index (χ4v) is 0.212. The van der Waals surface area contributed by atoms with Gasteiger partial charge in [0.15, 0.2) is 0 Å². The van der Waals surface area contributed by atoms with Crippen LogP contribution in [0.25, 0.3) is 0 Å². The molecule has 0 spiro atoms. The molecule has 0 radical (unpaired) electrons. The van der Waals surface area contributed by atoms with E-state index in [1.54, 1.807) is 0 Å². The second-order valence-electron chi connectivity index (χ2n) is 1.19. The van der Waals surface area contributed by atoms with Gasteiger partial charge in [-0.1, -0.05) is 6.55 Å². The van der Waals surface area contributed by atoms with E-state index in [4.69, 9.17) is 5.21 Å². The highest BCUT2D eigenvalue weighted by Crippen LogP contribution is 1.66. The molecule has 0 aliphatic rings. The summed E-state index contributed by atoms with van der Waals surface area (Å²) in [5.74, 6) is 0.